The van der Waals surface area contributed by atoms with E-state index >= 15 is 0 Å². The van der Waals surface area contributed by atoms with Crippen molar-refractivity contribution in [3.05, 3.63) is 94.7 Å². The maximum absolute atomic E-state index is 13.0. The molecule has 0 spiro atoms. The molecule has 2 aromatic carbocycles. The lowest BCUT2D eigenvalue weighted by atomic mass is 9.97. The first-order valence-corrected chi connectivity index (χ1v) is 11.1. The van der Waals surface area contributed by atoms with Gasteiger partial charge in [0.2, 0.25) is 0 Å². The average Bonchev–Trinajstić information content (AvgIpc) is 2.88. The second-order valence-corrected chi connectivity index (χ2v) is 8.13. The summed E-state index contributed by atoms with van der Waals surface area (Å²) < 4.78 is 5.76. The zero-order valence-electron chi connectivity index (χ0n) is 19.4. The number of aryl methyl sites for hydroxylation is 1. The molecule has 1 amide bonds. The number of nitrogens with zero attached hydrogens (tertiary/aromatic N) is 2. The van der Waals surface area contributed by atoms with Crippen LogP contribution in [0.5, 0.6) is 0 Å². The van der Waals surface area contributed by atoms with E-state index in [0.29, 0.717) is 17.7 Å². The molecule has 2 aromatic heterocycles. The lowest BCUT2D eigenvalue weighted by Crippen LogP contribution is -2.24. The summed E-state index contributed by atoms with van der Waals surface area (Å²) in [5, 5.41) is 13.5. The van der Waals surface area contributed by atoms with E-state index in [4.69, 9.17) is 5.11 Å². The minimum Gasteiger partial charge on any atom is -0.481 e. The van der Waals surface area contributed by atoms with Crippen molar-refractivity contribution in [2.75, 3.05) is 12.4 Å². The van der Waals surface area contributed by atoms with E-state index in [0.717, 1.165) is 32.0 Å². The van der Waals surface area contributed by atoms with Crippen LogP contribution in [0.15, 0.2) is 78.0 Å². The number of anilines is 1. The lowest BCUT2D eigenvalue weighted by Gasteiger charge is -2.11. The van der Waals surface area contributed by atoms with Crippen LogP contribution in [0.1, 0.15) is 22.3 Å². The van der Waals surface area contributed by atoms with Gasteiger partial charge in [0, 0.05) is 47.6 Å². The number of amides is 1. The number of aliphatic carboxylic acids is 1. The number of nitrogens with one attached hydrogen (secondary N) is 1. The van der Waals surface area contributed by atoms with Gasteiger partial charge in [-0.3, -0.25) is 24.2 Å². The van der Waals surface area contributed by atoms with E-state index in [1.165, 1.54) is 25.4 Å². The maximum Gasteiger partial charge on any atom is 0.325 e. The third kappa shape index (κ3) is 5.64. The van der Waals surface area contributed by atoms with Gasteiger partial charge >= 0.3 is 11.9 Å². The van der Waals surface area contributed by atoms with Crippen LogP contribution in [0.3, 0.4) is 0 Å². The first-order valence-electron chi connectivity index (χ1n) is 11.1. The van der Waals surface area contributed by atoms with Gasteiger partial charge in [-0.2, -0.15) is 0 Å². The van der Waals surface area contributed by atoms with Gasteiger partial charge in [0.1, 0.15) is 6.54 Å². The molecule has 9 heteroatoms. The third-order valence-electron chi connectivity index (χ3n) is 5.66. The Morgan fingerprint density at radius 2 is 1.89 bits per heavy atom. The van der Waals surface area contributed by atoms with E-state index in [1.807, 2.05) is 24.3 Å². The molecule has 0 aliphatic rings. The van der Waals surface area contributed by atoms with Crippen molar-refractivity contribution in [2.45, 2.75) is 19.4 Å². The number of carboxylic acids is 1. The quantitative estimate of drug-likeness (QED) is 0.366. The second kappa shape index (κ2) is 10.6. The Labute approximate surface area is 206 Å². The number of carboxylic acid groups (broad SMARTS) is 1. The van der Waals surface area contributed by atoms with Gasteiger partial charge in [-0.25, -0.2) is 0 Å². The van der Waals surface area contributed by atoms with Gasteiger partial charge in [0.05, 0.1) is 12.8 Å². The highest BCUT2D eigenvalue weighted by Crippen LogP contribution is 2.29. The van der Waals surface area contributed by atoms with Gasteiger partial charge in [-0.05, 0) is 47.2 Å². The minimum atomic E-state index is -0.848. The Kier molecular flexibility index (Phi) is 7.20. The number of carbonyl (C=O) groups is 3. The molecule has 2 heterocycles. The number of hydrogen-bond donors (Lipinski definition) is 2. The number of methoxy groups -OCH3 is 1. The first-order chi connectivity index (χ1) is 17.3. The molecule has 2 N–H and O–H groups in total. The Morgan fingerprint density at radius 3 is 2.67 bits per heavy atom. The fourth-order valence-corrected chi connectivity index (χ4v) is 3.83. The molecule has 0 saturated carbocycles. The number of aromatic nitrogens is 2. The highest BCUT2D eigenvalue weighted by Gasteiger charge is 2.12. The summed E-state index contributed by atoms with van der Waals surface area (Å²) in [7, 11) is 1.23. The van der Waals surface area contributed by atoms with Crippen molar-refractivity contribution in [1.82, 2.24) is 9.55 Å². The predicted octanol–water partition coefficient (Wildman–Crippen LogP) is 3.51. The molecular weight excluding hydrogens is 462 g/mol. The summed E-state index contributed by atoms with van der Waals surface area (Å²) >= 11 is 0. The summed E-state index contributed by atoms with van der Waals surface area (Å²) in [5.41, 5.74) is 2.89. The monoisotopic (exact) mass is 485 g/mol. The fraction of sp³-hybridized carbons (Fsp3) is 0.148. The molecule has 0 aliphatic carbocycles. The standard InChI is InChI=1S/C27H23N3O6/c1-36-26(34)16-30-15-21(7-9-24(30)31)29-27(35)19-4-2-3-18(12-19)23-14-28-13-20-11-17(5-8-22(20)23)6-10-25(32)33/h2-5,7-9,11-15H,6,10,16H2,1H3,(H,29,35)(H,32,33). The molecule has 0 radical (unpaired) electrons. The largest absolute Gasteiger partial charge is 0.481 e. The highest BCUT2D eigenvalue weighted by atomic mass is 16.5. The van der Waals surface area contributed by atoms with Crippen molar-refractivity contribution in [1.29, 1.82) is 0 Å². The second-order valence-electron chi connectivity index (χ2n) is 8.13. The lowest BCUT2D eigenvalue weighted by molar-refractivity contribution is -0.141. The Bertz CT molecular complexity index is 1530. The molecule has 0 bridgehead atoms. The van der Waals surface area contributed by atoms with Crippen LogP contribution >= 0.6 is 0 Å². The van der Waals surface area contributed by atoms with Crippen molar-refractivity contribution < 1.29 is 24.2 Å². The van der Waals surface area contributed by atoms with Gasteiger partial charge in [-0.15, -0.1) is 0 Å². The third-order valence-corrected chi connectivity index (χ3v) is 5.66. The average molecular weight is 485 g/mol. The van der Waals surface area contributed by atoms with Gasteiger partial charge in [0.25, 0.3) is 11.5 Å². The summed E-state index contributed by atoms with van der Waals surface area (Å²) in [5.74, 6) is -1.81. The molecule has 0 aliphatic heterocycles. The van der Waals surface area contributed by atoms with Crippen LogP contribution in [0.4, 0.5) is 5.69 Å². The number of benzene rings is 2. The smallest absolute Gasteiger partial charge is 0.325 e. The zero-order valence-corrected chi connectivity index (χ0v) is 19.4. The van der Waals surface area contributed by atoms with Crippen LogP contribution in [-0.2, 0) is 27.3 Å². The van der Waals surface area contributed by atoms with E-state index in [-0.39, 0.29) is 18.9 Å². The predicted molar refractivity (Wildman–Crippen MR) is 134 cm³/mol. The van der Waals surface area contributed by atoms with Crippen molar-refractivity contribution >= 4 is 34.3 Å². The molecule has 4 aromatic rings. The summed E-state index contributed by atoms with van der Waals surface area (Å²) in [6, 6.07) is 15.5. The molecule has 182 valence electrons. The molecule has 0 saturated heterocycles. The van der Waals surface area contributed by atoms with Crippen molar-refractivity contribution in [2.24, 2.45) is 0 Å². The summed E-state index contributed by atoms with van der Waals surface area (Å²) in [6.45, 7) is -0.263. The molecule has 0 atom stereocenters. The number of carbonyl (C=O) groups excluding carboxylic acids is 2. The number of pyridine rings is 2. The topological polar surface area (TPSA) is 128 Å². The minimum absolute atomic E-state index is 0.0516. The van der Waals surface area contributed by atoms with Gasteiger partial charge < -0.3 is 19.7 Å². The molecular formula is C27H23N3O6. The van der Waals surface area contributed by atoms with E-state index in [1.54, 1.807) is 30.6 Å². The SMILES string of the molecule is COC(=O)Cn1cc(NC(=O)c2cccc(-c3cncc4cc(CCC(=O)O)ccc34)c2)ccc1=O. The summed E-state index contributed by atoms with van der Waals surface area (Å²) in [4.78, 5) is 51.7. The normalized spacial score (nSPS) is 10.7. The molecule has 4 rings (SSSR count). The number of ether oxygens (including phenoxy) is 1. The van der Waals surface area contributed by atoms with Crippen LogP contribution < -0.4 is 10.9 Å². The zero-order chi connectivity index (χ0) is 25.7. The van der Waals surface area contributed by atoms with Gasteiger partial charge in [0.15, 0.2) is 0 Å². The van der Waals surface area contributed by atoms with Crippen molar-refractivity contribution in [3.63, 3.8) is 0 Å². The highest BCUT2D eigenvalue weighted by molar-refractivity contribution is 6.05. The Morgan fingerprint density at radius 1 is 1.06 bits per heavy atom. The number of hydrogen-bond acceptors (Lipinski definition) is 6. The van der Waals surface area contributed by atoms with E-state index in [9.17, 15) is 19.2 Å². The van der Waals surface area contributed by atoms with Crippen LogP contribution in [0.2, 0.25) is 0 Å². The fourth-order valence-electron chi connectivity index (χ4n) is 3.83. The van der Waals surface area contributed by atoms with E-state index in [2.05, 4.69) is 15.0 Å². The van der Waals surface area contributed by atoms with Crippen molar-refractivity contribution in [3.8, 4) is 11.1 Å². The van der Waals surface area contributed by atoms with Gasteiger partial charge in [-0.1, -0.05) is 24.3 Å². The molecule has 9 nitrogen and oxygen atoms in total. The Hall–Kier alpha value is -4.79. The van der Waals surface area contributed by atoms with Crippen LogP contribution in [0.25, 0.3) is 21.9 Å². The number of fused-ring (bicyclic) bond motifs is 1. The maximum atomic E-state index is 13.0. The van der Waals surface area contributed by atoms with Crippen LogP contribution in [0, 0.1) is 0 Å². The molecule has 0 unspecified atom stereocenters. The first kappa shape index (κ1) is 24.3. The summed E-state index contributed by atoms with van der Waals surface area (Å²) in [6.07, 6.45) is 5.31. The molecule has 0 fully saturated rings. The Balaban J connectivity index is 1.59. The molecule has 36 heavy (non-hydrogen) atoms. The van der Waals surface area contributed by atoms with Crippen LogP contribution in [-0.4, -0.2) is 39.6 Å². The number of rotatable bonds is 8. The number of esters is 1. The van der Waals surface area contributed by atoms with E-state index < -0.39 is 17.5 Å².